The molecule has 0 saturated heterocycles. The van der Waals surface area contributed by atoms with Crippen LogP contribution in [0.2, 0.25) is 0 Å². The van der Waals surface area contributed by atoms with E-state index < -0.39 is 97.9 Å². The number of carbonyl (C=O) groups is 7. The van der Waals surface area contributed by atoms with Crippen molar-refractivity contribution < 1.29 is 48.9 Å². The van der Waals surface area contributed by atoms with Crippen molar-refractivity contribution in [1.82, 2.24) is 16.0 Å². The van der Waals surface area contributed by atoms with Gasteiger partial charge in [-0.2, -0.15) is 0 Å². The van der Waals surface area contributed by atoms with E-state index in [1.165, 1.54) is 0 Å². The Labute approximate surface area is 180 Å². The predicted molar refractivity (Wildman–Crippen MR) is 103 cm³/mol. The first-order valence-electron chi connectivity index (χ1n) is 9.07. The second-order valence-electron chi connectivity index (χ2n) is 6.58. The van der Waals surface area contributed by atoms with Crippen molar-refractivity contribution in [2.24, 2.45) is 17.2 Å². The number of hydrogen-bond donors (Lipinski definition) is 9. The number of amides is 5. The molecule has 0 heterocycles. The summed E-state index contributed by atoms with van der Waals surface area (Å²) in [6.45, 7) is -0.798. The van der Waals surface area contributed by atoms with Gasteiger partial charge in [-0.3, -0.25) is 28.8 Å². The molecule has 0 aliphatic carbocycles. The zero-order valence-corrected chi connectivity index (χ0v) is 16.8. The number of carboxylic acids is 2. The number of hydrogen-bond acceptors (Lipinski definition) is 9. The quantitative estimate of drug-likeness (QED) is 0.110. The molecule has 12 N–H and O–H groups in total. The summed E-state index contributed by atoms with van der Waals surface area (Å²) < 4.78 is 0. The minimum absolute atomic E-state index is 0.417. The fourth-order valence-electron chi connectivity index (χ4n) is 2.25. The van der Waals surface area contributed by atoms with Crippen LogP contribution in [0.1, 0.15) is 25.7 Å². The van der Waals surface area contributed by atoms with Gasteiger partial charge in [-0.25, -0.2) is 4.79 Å². The van der Waals surface area contributed by atoms with Crippen LogP contribution >= 0.6 is 0 Å². The average molecular weight is 462 g/mol. The van der Waals surface area contributed by atoms with Crippen molar-refractivity contribution in [3.8, 4) is 0 Å². The standard InChI is InChI=1S/C16H26N6O10/c17-6(5-23)13(28)21-8(4-12(26)27)15(30)20-7(1-2-10(18)24)14(29)22-9(16(31)32)3-11(19)25/h6-9,23H,1-5,17H2,(H2,18,24)(H2,19,25)(H,20,30)(H,21,28)(H,22,29)(H,26,27)(H,31,32). The molecule has 0 aromatic heterocycles. The molecule has 0 radical (unpaired) electrons. The molecule has 4 unspecified atom stereocenters. The van der Waals surface area contributed by atoms with Crippen molar-refractivity contribution in [3.63, 3.8) is 0 Å². The summed E-state index contributed by atoms with van der Waals surface area (Å²) in [5.74, 6) is -8.40. The van der Waals surface area contributed by atoms with E-state index >= 15 is 0 Å². The van der Waals surface area contributed by atoms with Crippen molar-refractivity contribution in [3.05, 3.63) is 0 Å². The summed E-state index contributed by atoms with van der Waals surface area (Å²) in [5, 5.41) is 33.0. The Hall–Kier alpha value is -3.79. The van der Waals surface area contributed by atoms with Crippen molar-refractivity contribution in [2.75, 3.05) is 6.61 Å². The third-order valence-corrected chi connectivity index (χ3v) is 3.88. The number of nitrogens with one attached hydrogen (secondary N) is 3. The zero-order chi connectivity index (χ0) is 25.0. The molecule has 180 valence electrons. The Morgan fingerprint density at radius 1 is 0.719 bits per heavy atom. The number of aliphatic carboxylic acids is 2. The molecule has 0 fully saturated rings. The van der Waals surface area contributed by atoms with Gasteiger partial charge in [0.1, 0.15) is 24.2 Å². The summed E-state index contributed by atoms with van der Waals surface area (Å²) in [7, 11) is 0. The molecule has 32 heavy (non-hydrogen) atoms. The highest BCUT2D eigenvalue weighted by Gasteiger charge is 2.31. The monoisotopic (exact) mass is 462 g/mol. The lowest BCUT2D eigenvalue weighted by atomic mass is 10.1. The van der Waals surface area contributed by atoms with Gasteiger partial charge in [0.05, 0.1) is 19.4 Å². The largest absolute Gasteiger partial charge is 0.481 e. The first-order valence-corrected chi connectivity index (χ1v) is 9.07. The van der Waals surface area contributed by atoms with E-state index in [1.54, 1.807) is 0 Å². The summed E-state index contributed by atoms with van der Waals surface area (Å²) in [5.41, 5.74) is 15.2. The summed E-state index contributed by atoms with van der Waals surface area (Å²) in [6.07, 6.45) is -2.55. The van der Waals surface area contributed by atoms with Crippen LogP contribution in [0.3, 0.4) is 0 Å². The lowest BCUT2D eigenvalue weighted by Crippen LogP contribution is -2.58. The molecule has 4 atom stereocenters. The average Bonchev–Trinajstić information content (AvgIpc) is 2.67. The topological polar surface area (TPSA) is 294 Å². The van der Waals surface area contributed by atoms with Gasteiger partial charge in [0.2, 0.25) is 29.5 Å². The fraction of sp³-hybridized carbons (Fsp3) is 0.562. The molecular formula is C16H26N6O10. The highest BCUT2D eigenvalue weighted by Crippen LogP contribution is 2.03. The summed E-state index contributed by atoms with van der Waals surface area (Å²) >= 11 is 0. The van der Waals surface area contributed by atoms with E-state index in [0.29, 0.717) is 0 Å². The van der Waals surface area contributed by atoms with Crippen molar-refractivity contribution in [2.45, 2.75) is 49.9 Å². The molecule has 0 aliphatic rings. The second-order valence-corrected chi connectivity index (χ2v) is 6.58. The Balaban J connectivity index is 5.58. The molecule has 16 heteroatoms. The molecule has 0 aromatic carbocycles. The lowest BCUT2D eigenvalue weighted by molar-refractivity contribution is -0.144. The van der Waals surface area contributed by atoms with E-state index in [2.05, 4.69) is 5.32 Å². The van der Waals surface area contributed by atoms with E-state index in [4.69, 9.17) is 32.5 Å². The molecule has 0 bridgehead atoms. The third kappa shape index (κ3) is 10.8. The lowest BCUT2D eigenvalue weighted by Gasteiger charge is -2.24. The molecular weight excluding hydrogens is 436 g/mol. The summed E-state index contributed by atoms with van der Waals surface area (Å²) in [6, 6.07) is -6.53. The number of aliphatic hydroxyl groups excluding tert-OH is 1. The molecule has 0 saturated carbocycles. The normalized spacial score (nSPS) is 14.2. The van der Waals surface area contributed by atoms with Crippen molar-refractivity contribution in [1.29, 1.82) is 0 Å². The third-order valence-electron chi connectivity index (χ3n) is 3.88. The van der Waals surface area contributed by atoms with Crippen LogP contribution in [0, 0.1) is 0 Å². The maximum atomic E-state index is 12.5. The van der Waals surface area contributed by atoms with Gasteiger partial charge in [0.15, 0.2) is 0 Å². The van der Waals surface area contributed by atoms with Crippen molar-refractivity contribution >= 4 is 41.5 Å². The van der Waals surface area contributed by atoms with Crippen LogP contribution in [0.15, 0.2) is 0 Å². The Bertz CT molecular complexity index is 758. The summed E-state index contributed by atoms with van der Waals surface area (Å²) in [4.78, 5) is 81.1. The Kier molecular flexibility index (Phi) is 11.9. The number of rotatable bonds is 15. The van der Waals surface area contributed by atoms with E-state index in [1.807, 2.05) is 10.6 Å². The molecule has 0 rings (SSSR count). The van der Waals surface area contributed by atoms with E-state index in [9.17, 15) is 33.6 Å². The van der Waals surface area contributed by atoms with E-state index in [0.717, 1.165) is 0 Å². The number of carboxylic acid groups (broad SMARTS) is 2. The predicted octanol–water partition coefficient (Wildman–Crippen LogP) is -5.54. The first kappa shape index (κ1) is 28.2. The molecule has 5 amide bonds. The molecule has 0 spiro atoms. The minimum Gasteiger partial charge on any atom is -0.481 e. The molecule has 0 aliphatic heterocycles. The van der Waals surface area contributed by atoms with Gasteiger partial charge in [0, 0.05) is 6.42 Å². The number of primary amides is 2. The van der Waals surface area contributed by atoms with Gasteiger partial charge in [0.25, 0.3) is 0 Å². The number of carbonyl (C=O) groups excluding carboxylic acids is 5. The van der Waals surface area contributed by atoms with Gasteiger partial charge in [-0.15, -0.1) is 0 Å². The SMILES string of the molecule is NC(=O)CCC(NC(=O)C(CC(=O)O)NC(=O)C(N)CO)C(=O)NC(CC(N)=O)C(=O)O. The smallest absolute Gasteiger partial charge is 0.326 e. The van der Waals surface area contributed by atoms with Crippen LogP contribution < -0.4 is 33.2 Å². The van der Waals surface area contributed by atoms with Crippen LogP contribution in [-0.4, -0.2) is 87.6 Å². The van der Waals surface area contributed by atoms with E-state index in [-0.39, 0.29) is 0 Å². The number of nitrogens with two attached hydrogens (primary N) is 3. The van der Waals surface area contributed by atoms with Gasteiger partial charge in [-0.05, 0) is 6.42 Å². The minimum atomic E-state index is -1.75. The first-order chi connectivity index (χ1) is 14.8. The Morgan fingerprint density at radius 2 is 1.22 bits per heavy atom. The zero-order valence-electron chi connectivity index (χ0n) is 16.8. The number of aliphatic hydroxyl groups is 1. The van der Waals surface area contributed by atoms with Crippen LogP contribution in [0.5, 0.6) is 0 Å². The maximum Gasteiger partial charge on any atom is 0.326 e. The van der Waals surface area contributed by atoms with Gasteiger partial charge < -0.3 is 48.5 Å². The van der Waals surface area contributed by atoms with Crippen LogP contribution in [0.25, 0.3) is 0 Å². The van der Waals surface area contributed by atoms with Gasteiger partial charge in [-0.1, -0.05) is 0 Å². The van der Waals surface area contributed by atoms with Crippen LogP contribution in [-0.2, 0) is 33.6 Å². The van der Waals surface area contributed by atoms with Crippen LogP contribution in [0.4, 0.5) is 0 Å². The highest BCUT2D eigenvalue weighted by molar-refractivity contribution is 5.96. The Morgan fingerprint density at radius 3 is 1.66 bits per heavy atom. The second kappa shape index (κ2) is 13.5. The highest BCUT2D eigenvalue weighted by atomic mass is 16.4. The maximum absolute atomic E-state index is 12.5. The molecule has 16 nitrogen and oxygen atoms in total. The van der Waals surface area contributed by atoms with Gasteiger partial charge >= 0.3 is 11.9 Å². The molecule has 0 aromatic rings. The fourth-order valence-corrected chi connectivity index (χ4v) is 2.25.